The second-order valence-corrected chi connectivity index (χ2v) is 5.30. The van der Waals surface area contributed by atoms with Gasteiger partial charge >= 0.3 is 0 Å². The van der Waals surface area contributed by atoms with Crippen molar-refractivity contribution in [2.75, 3.05) is 0 Å². The molecule has 0 fully saturated rings. The van der Waals surface area contributed by atoms with Crippen LogP contribution in [0.2, 0.25) is 0 Å². The minimum Gasteiger partial charge on any atom is -0.388 e. The number of fused-ring (bicyclic) bond motifs is 1. The van der Waals surface area contributed by atoms with Crippen LogP contribution in [-0.4, -0.2) is 14.7 Å². The van der Waals surface area contributed by atoms with Gasteiger partial charge in [-0.3, -0.25) is 0 Å². The Morgan fingerprint density at radius 3 is 2.71 bits per heavy atom. The van der Waals surface area contributed by atoms with E-state index in [0.29, 0.717) is 17.5 Å². The van der Waals surface area contributed by atoms with Gasteiger partial charge in [0.1, 0.15) is 11.6 Å². The number of aromatic nitrogens is 2. The van der Waals surface area contributed by atoms with Crippen LogP contribution in [0.4, 0.5) is 4.39 Å². The molecule has 21 heavy (non-hydrogen) atoms. The smallest absolute Gasteiger partial charge is 0.126 e. The van der Waals surface area contributed by atoms with Crippen molar-refractivity contribution in [2.45, 2.75) is 19.4 Å². The zero-order valence-electron chi connectivity index (χ0n) is 12.0. The van der Waals surface area contributed by atoms with E-state index in [1.807, 2.05) is 35.9 Å². The Balaban J connectivity index is 1.90. The summed E-state index contributed by atoms with van der Waals surface area (Å²) >= 11 is 0. The van der Waals surface area contributed by atoms with Gasteiger partial charge in [0.05, 0.1) is 17.1 Å². The van der Waals surface area contributed by atoms with Crippen LogP contribution in [0.3, 0.4) is 0 Å². The highest BCUT2D eigenvalue weighted by Crippen LogP contribution is 2.22. The van der Waals surface area contributed by atoms with Crippen LogP contribution in [-0.2, 0) is 13.5 Å². The van der Waals surface area contributed by atoms with Crippen LogP contribution in [0.5, 0.6) is 0 Å². The maximum atomic E-state index is 13.6. The van der Waals surface area contributed by atoms with E-state index in [-0.39, 0.29) is 5.82 Å². The summed E-state index contributed by atoms with van der Waals surface area (Å²) in [6.45, 7) is 1.71. The van der Waals surface area contributed by atoms with Gasteiger partial charge in [-0.15, -0.1) is 0 Å². The molecule has 0 amide bonds. The van der Waals surface area contributed by atoms with E-state index in [9.17, 15) is 9.50 Å². The summed E-state index contributed by atoms with van der Waals surface area (Å²) in [4.78, 5) is 4.53. The Labute approximate surface area is 122 Å². The van der Waals surface area contributed by atoms with Gasteiger partial charge in [0.25, 0.3) is 0 Å². The summed E-state index contributed by atoms with van der Waals surface area (Å²) in [5, 5.41) is 10.3. The summed E-state index contributed by atoms with van der Waals surface area (Å²) in [5.41, 5.74) is 3.07. The molecule has 108 valence electrons. The first-order valence-corrected chi connectivity index (χ1v) is 6.90. The van der Waals surface area contributed by atoms with E-state index < -0.39 is 6.10 Å². The molecule has 0 aliphatic carbocycles. The molecule has 1 heterocycles. The van der Waals surface area contributed by atoms with Crippen LogP contribution in [0, 0.1) is 12.7 Å². The minimum atomic E-state index is -0.768. The third-order valence-corrected chi connectivity index (χ3v) is 3.84. The van der Waals surface area contributed by atoms with E-state index in [1.54, 1.807) is 19.1 Å². The number of para-hydroxylation sites is 2. The molecule has 0 aliphatic heterocycles. The summed E-state index contributed by atoms with van der Waals surface area (Å²) < 4.78 is 15.6. The molecule has 1 unspecified atom stereocenters. The van der Waals surface area contributed by atoms with Gasteiger partial charge in [-0.05, 0) is 36.2 Å². The number of aliphatic hydroxyl groups excluding tert-OH is 1. The molecule has 1 aromatic heterocycles. The van der Waals surface area contributed by atoms with Crippen molar-refractivity contribution in [3.05, 3.63) is 65.2 Å². The van der Waals surface area contributed by atoms with Crippen molar-refractivity contribution in [3.8, 4) is 0 Å². The van der Waals surface area contributed by atoms with E-state index in [2.05, 4.69) is 4.98 Å². The van der Waals surface area contributed by atoms with Gasteiger partial charge in [-0.2, -0.15) is 0 Å². The number of imidazole rings is 1. The maximum absolute atomic E-state index is 13.6. The maximum Gasteiger partial charge on any atom is 0.126 e. The standard InChI is InChI=1S/C17H17FN2O/c1-11-7-8-12(9-13(11)18)16(21)10-17-19-14-5-3-4-6-15(14)20(17)2/h3-9,16,21H,10H2,1-2H3. The molecular formula is C17H17FN2O. The lowest BCUT2D eigenvalue weighted by Crippen LogP contribution is -2.07. The van der Waals surface area contributed by atoms with Crippen LogP contribution in [0.1, 0.15) is 23.1 Å². The third kappa shape index (κ3) is 2.54. The number of halogens is 1. The van der Waals surface area contributed by atoms with E-state index in [1.165, 1.54) is 6.07 Å². The molecule has 3 nitrogen and oxygen atoms in total. The molecule has 0 radical (unpaired) electrons. The second kappa shape index (κ2) is 5.30. The van der Waals surface area contributed by atoms with E-state index in [4.69, 9.17) is 0 Å². The van der Waals surface area contributed by atoms with Crippen LogP contribution in [0.25, 0.3) is 11.0 Å². The SMILES string of the molecule is Cc1ccc(C(O)Cc2nc3ccccc3n2C)cc1F. The monoisotopic (exact) mass is 284 g/mol. The molecule has 2 aromatic carbocycles. The Hall–Kier alpha value is -2.20. The lowest BCUT2D eigenvalue weighted by Gasteiger charge is -2.11. The zero-order valence-corrected chi connectivity index (χ0v) is 12.0. The second-order valence-electron chi connectivity index (χ2n) is 5.30. The summed E-state index contributed by atoms with van der Waals surface area (Å²) in [5.74, 6) is 0.487. The van der Waals surface area contributed by atoms with Gasteiger partial charge < -0.3 is 9.67 Å². The van der Waals surface area contributed by atoms with Crippen LogP contribution < -0.4 is 0 Å². The fourth-order valence-corrected chi connectivity index (χ4v) is 2.49. The molecule has 0 aliphatic rings. The number of benzene rings is 2. The molecule has 0 saturated carbocycles. The normalized spacial score (nSPS) is 12.8. The molecule has 0 bridgehead atoms. The van der Waals surface area contributed by atoms with E-state index >= 15 is 0 Å². The van der Waals surface area contributed by atoms with Crippen molar-refractivity contribution < 1.29 is 9.50 Å². The van der Waals surface area contributed by atoms with Gasteiger partial charge in [-0.25, -0.2) is 9.37 Å². The van der Waals surface area contributed by atoms with Gasteiger partial charge in [0, 0.05) is 13.5 Å². The average Bonchev–Trinajstić information content (AvgIpc) is 2.79. The molecular weight excluding hydrogens is 267 g/mol. The largest absolute Gasteiger partial charge is 0.388 e. The first-order valence-electron chi connectivity index (χ1n) is 6.90. The predicted molar refractivity (Wildman–Crippen MR) is 80.5 cm³/mol. The fourth-order valence-electron chi connectivity index (χ4n) is 2.49. The number of hydrogen-bond donors (Lipinski definition) is 1. The minimum absolute atomic E-state index is 0.295. The topological polar surface area (TPSA) is 38.1 Å². The highest BCUT2D eigenvalue weighted by molar-refractivity contribution is 5.75. The predicted octanol–water partition coefficient (Wildman–Crippen LogP) is 3.30. The lowest BCUT2D eigenvalue weighted by atomic mass is 10.0. The van der Waals surface area contributed by atoms with Crippen molar-refractivity contribution in [3.63, 3.8) is 0 Å². The Morgan fingerprint density at radius 1 is 1.24 bits per heavy atom. The summed E-state index contributed by atoms with van der Waals surface area (Å²) in [6.07, 6.45) is -0.413. The molecule has 1 atom stereocenters. The first kappa shape index (κ1) is 13.8. The average molecular weight is 284 g/mol. The first-order chi connectivity index (χ1) is 10.1. The van der Waals surface area contributed by atoms with Gasteiger partial charge in [0.2, 0.25) is 0 Å². The Kier molecular flexibility index (Phi) is 3.47. The number of nitrogens with zero attached hydrogens (tertiary/aromatic N) is 2. The molecule has 0 saturated heterocycles. The van der Waals surface area contributed by atoms with Gasteiger partial charge in [0.15, 0.2) is 0 Å². The van der Waals surface area contributed by atoms with Crippen molar-refractivity contribution >= 4 is 11.0 Å². The number of rotatable bonds is 3. The molecule has 4 heteroatoms. The van der Waals surface area contributed by atoms with Crippen LogP contribution >= 0.6 is 0 Å². The Morgan fingerprint density at radius 2 is 2.00 bits per heavy atom. The number of aliphatic hydroxyl groups is 1. The fraction of sp³-hybridized carbons (Fsp3) is 0.235. The summed E-state index contributed by atoms with van der Waals surface area (Å²) in [7, 11) is 1.92. The molecule has 3 rings (SSSR count). The van der Waals surface area contributed by atoms with Crippen molar-refractivity contribution in [1.82, 2.24) is 9.55 Å². The van der Waals surface area contributed by atoms with E-state index in [0.717, 1.165) is 16.9 Å². The number of hydrogen-bond acceptors (Lipinski definition) is 2. The van der Waals surface area contributed by atoms with Crippen molar-refractivity contribution in [1.29, 1.82) is 0 Å². The third-order valence-electron chi connectivity index (χ3n) is 3.84. The highest BCUT2D eigenvalue weighted by Gasteiger charge is 2.15. The molecule has 1 N–H and O–H groups in total. The van der Waals surface area contributed by atoms with Crippen LogP contribution in [0.15, 0.2) is 42.5 Å². The molecule has 0 spiro atoms. The lowest BCUT2D eigenvalue weighted by molar-refractivity contribution is 0.174. The number of aryl methyl sites for hydroxylation is 2. The van der Waals surface area contributed by atoms with Crippen molar-refractivity contribution in [2.24, 2.45) is 7.05 Å². The molecule has 3 aromatic rings. The summed E-state index contributed by atoms with van der Waals surface area (Å²) in [6, 6.07) is 12.7. The zero-order chi connectivity index (χ0) is 15.0. The Bertz CT molecular complexity index is 795. The highest BCUT2D eigenvalue weighted by atomic mass is 19.1. The van der Waals surface area contributed by atoms with Gasteiger partial charge in [-0.1, -0.05) is 24.3 Å². The quantitative estimate of drug-likeness (QED) is 0.801.